The topological polar surface area (TPSA) is 34.2 Å². The van der Waals surface area contributed by atoms with Gasteiger partial charge in [0.2, 0.25) is 0 Å². The standard InChI is InChI=1S/C17H24N2O/c1-4-10-19-17(16(5-2)20-3)14-8-9-15-13(12-14)7-6-11-18-15/h6-9,11-12,16-17,19H,4-5,10H2,1-3H3. The van der Waals surface area contributed by atoms with Gasteiger partial charge in [-0.05, 0) is 43.1 Å². The van der Waals surface area contributed by atoms with Gasteiger partial charge in [-0.2, -0.15) is 0 Å². The Morgan fingerprint density at radius 1 is 1.25 bits per heavy atom. The second kappa shape index (κ2) is 7.36. The van der Waals surface area contributed by atoms with Crippen LogP contribution < -0.4 is 5.32 Å². The average Bonchev–Trinajstić information content (AvgIpc) is 2.51. The number of methoxy groups -OCH3 is 1. The van der Waals surface area contributed by atoms with Gasteiger partial charge in [0.15, 0.2) is 0 Å². The van der Waals surface area contributed by atoms with Crippen LogP contribution in [0.15, 0.2) is 36.5 Å². The summed E-state index contributed by atoms with van der Waals surface area (Å²) in [6.45, 7) is 5.34. The molecule has 0 radical (unpaired) electrons. The lowest BCUT2D eigenvalue weighted by molar-refractivity contribution is 0.0651. The zero-order valence-electron chi connectivity index (χ0n) is 12.6. The molecule has 108 valence electrons. The van der Waals surface area contributed by atoms with E-state index in [-0.39, 0.29) is 12.1 Å². The van der Waals surface area contributed by atoms with Crippen LogP contribution in [-0.2, 0) is 4.74 Å². The van der Waals surface area contributed by atoms with Crippen molar-refractivity contribution in [3.8, 4) is 0 Å². The van der Waals surface area contributed by atoms with Crippen molar-refractivity contribution in [2.24, 2.45) is 0 Å². The molecule has 2 rings (SSSR count). The molecule has 20 heavy (non-hydrogen) atoms. The molecule has 1 N–H and O–H groups in total. The maximum absolute atomic E-state index is 5.65. The minimum atomic E-state index is 0.190. The fourth-order valence-electron chi connectivity index (χ4n) is 2.59. The van der Waals surface area contributed by atoms with Gasteiger partial charge < -0.3 is 10.1 Å². The Morgan fingerprint density at radius 2 is 2.10 bits per heavy atom. The third-order valence-electron chi connectivity index (χ3n) is 3.68. The molecule has 0 aliphatic heterocycles. The number of rotatable bonds is 7. The summed E-state index contributed by atoms with van der Waals surface area (Å²) in [5.41, 5.74) is 2.31. The Bertz CT molecular complexity index is 537. The maximum atomic E-state index is 5.65. The second-order valence-electron chi connectivity index (χ2n) is 5.07. The highest BCUT2D eigenvalue weighted by molar-refractivity contribution is 5.79. The molecular weight excluding hydrogens is 248 g/mol. The Hall–Kier alpha value is -1.45. The molecule has 2 unspecified atom stereocenters. The van der Waals surface area contributed by atoms with E-state index in [1.807, 2.05) is 12.3 Å². The summed E-state index contributed by atoms with van der Waals surface area (Å²) >= 11 is 0. The summed E-state index contributed by atoms with van der Waals surface area (Å²) in [7, 11) is 1.79. The van der Waals surface area contributed by atoms with Gasteiger partial charge in [0, 0.05) is 18.7 Å². The predicted molar refractivity (Wildman–Crippen MR) is 83.9 cm³/mol. The van der Waals surface area contributed by atoms with Gasteiger partial charge in [0.05, 0.1) is 17.7 Å². The molecule has 0 amide bonds. The Balaban J connectivity index is 2.33. The number of fused-ring (bicyclic) bond motifs is 1. The zero-order chi connectivity index (χ0) is 14.4. The largest absolute Gasteiger partial charge is 0.379 e. The molecule has 0 saturated carbocycles. The predicted octanol–water partition coefficient (Wildman–Crippen LogP) is 3.70. The van der Waals surface area contributed by atoms with Crippen molar-refractivity contribution in [2.75, 3.05) is 13.7 Å². The summed E-state index contributed by atoms with van der Waals surface area (Å²) in [5, 5.41) is 4.79. The average molecular weight is 272 g/mol. The Morgan fingerprint density at radius 3 is 2.80 bits per heavy atom. The van der Waals surface area contributed by atoms with E-state index in [0.717, 1.165) is 24.9 Å². The molecule has 0 fully saturated rings. The molecule has 0 bridgehead atoms. The molecule has 2 atom stereocenters. The molecular formula is C17H24N2O. The molecule has 3 heteroatoms. The molecule has 0 aliphatic rings. The summed E-state index contributed by atoms with van der Waals surface area (Å²) in [4.78, 5) is 4.38. The molecule has 1 aromatic heterocycles. The quantitative estimate of drug-likeness (QED) is 0.834. The third-order valence-corrected chi connectivity index (χ3v) is 3.68. The van der Waals surface area contributed by atoms with Gasteiger partial charge in [0.1, 0.15) is 0 Å². The smallest absolute Gasteiger partial charge is 0.0763 e. The van der Waals surface area contributed by atoms with Crippen LogP contribution in [-0.4, -0.2) is 24.7 Å². The highest BCUT2D eigenvalue weighted by Gasteiger charge is 2.21. The number of aromatic nitrogens is 1. The SMILES string of the molecule is CCCNC(c1ccc2ncccc2c1)C(CC)OC. The molecule has 3 nitrogen and oxygen atoms in total. The Kier molecular flexibility index (Phi) is 5.50. The number of benzene rings is 1. The van der Waals surface area contributed by atoms with E-state index >= 15 is 0 Å². The highest BCUT2D eigenvalue weighted by atomic mass is 16.5. The van der Waals surface area contributed by atoms with Crippen LogP contribution in [0.2, 0.25) is 0 Å². The molecule has 2 aromatic rings. The van der Waals surface area contributed by atoms with Crippen LogP contribution in [0.25, 0.3) is 10.9 Å². The van der Waals surface area contributed by atoms with Crippen molar-refractivity contribution < 1.29 is 4.74 Å². The van der Waals surface area contributed by atoms with E-state index in [0.29, 0.717) is 0 Å². The molecule has 0 aliphatic carbocycles. The van der Waals surface area contributed by atoms with E-state index in [1.165, 1.54) is 10.9 Å². The van der Waals surface area contributed by atoms with Crippen molar-refractivity contribution >= 4 is 10.9 Å². The number of hydrogen-bond acceptors (Lipinski definition) is 3. The van der Waals surface area contributed by atoms with Crippen molar-refractivity contribution in [1.82, 2.24) is 10.3 Å². The number of hydrogen-bond donors (Lipinski definition) is 1. The third kappa shape index (κ3) is 3.35. The first-order valence-corrected chi connectivity index (χ1v) is 7.41. The first kappa shape index (κ1) is 14.9. The van der Waals surface area contributed by atoms with Crippen LogP contribution in [0.4, 0.5) is 0 Å². The number of nitrogens with one attached hydrogen (secondary N) is 1. The summed E-state index contributed by atoms with van der Waals surface area (Å²) in [5.74, 6) is 0. The summed E-state index contributed by atoms with van der Waals surface area (Å²) in [6, 6.07) is 10.8. The van der Waals surface area contributed by atoms with Gasteiger partial charge in [-0.3, -0.25) is 4.98 Å². The second-order valence-corrected chi connectivity index (χ2v) is 5.07. The minimum absolute atomic E-state index is 0.190. The van der Waals surface area contributed by atoms with E-state index < -0.39 is 0 Å². The number of pyridine rings is 1. The molecule has 1 aromatic carbocycles. The molecule has 0 saturated heterocycles. The maximum Gasteiger partial charge on any atom is 0.0763 e. The lowest BCUT2D eigenvalue weighted by atomic mass is 9.97. The van der Waals surface area contributed by atoms with Crippen LogP contribution in [0.1, 0.15) is 38.3 Å². The normalized spacial score (nSPS) is 14.3. The van der Waals surface area contributed by atoms with Crippen LogP contribution in [0.3, 0.4) is 0 Å². The van der Waals surface area contributed by atoms with E-state index in [2.05, 4.69) is 48.4 Å². The summed E-state index contributed by atoms with van der Waals surface area (Å²) < 4.78 is 5.65. The lowest BCUT2D eigenvalue weighted by Crippen LogP contribution is -2.33. The monoisotopic (exact) mass is 272 g/mol. The first-order chi connectivity index (χ1) is 9.80. The van der Waals surface area contributed by atoms with E-state index in [9.17, 15) is 0 Å². The van der Waals surface area contributed by atoms with Gasteiger partial charge in [-0.15, -0.1) is 0 Å². The van der Waals surface area contributed by atoms with Gasteiger partial charge in [-0.25, -0.2) is 0 Å². The fraction of sp³-hybridized carbons (Fsp3) is 0.471. The molecule has 0 spiro atoms. The van der Waals surface area contributed by atoms with Crippen LogP contribution in [0.5, 0.6) is 0 Å². The minimum Gasteiger partial charge on any atom is -0.379 e. The fourth-order valence-corrected chi connectivity index (χ4v) is 2.59. The molecule has 1 heterocycles. The lowest BCUT2D eigenvalue weighted by Gasteiger charge is -2.27. The van der Waals surface area contributed by atoms with Crippen LogP contribution >= 0.6 is 0 Å². The van der Waals surface area contributed by atoms with Crippen LogP contribution in [0, 0.1) is 0 Å². The van der Waals surface area contributed by atoms with Gasteiger partial charge in [-0.1, -0.05) is 26.0 Å². The van der Waals surface area contributed by atoms with Gasteiger partial charge >= 0.3 is 0 Å². The Labute approximate surface area is 121 Å². The zero-order valence-corrected chi connectivity index (χ0v) is 12.6. The van der Waals surface area contributed by atoms with Crippen molar-refractivity contribution in [3.05, 3.63) is 42.1 Å². The van der Waals surface area contributed by atoms with E-state index in [4.69, 9.17) is 4.74 Å². The van der Waals surface area contributed by atoms with Crippen molar-refractivity contribution in [2.45, 2.75) is 38.8 Å². The van der Waals surface area contributed by atoms with Crippen molar-refractivity contribution in [3.63, 3.8) is 0 Å². The van der Waals surface area contributed by atoms with Crippen molar-refractivity contribution in [1.29, 1.82) is 0 Å². The first-order valence-electron chi connectivity index (χ1n) is 7.41. The number of nitrogens with zero attached hydrogens (tertiary/aromatic N) is 1. The number of ether oxygens (including phenoxy) is 1. The summed E-state index contributed by atoms with van der Waals surface area (Å²) in [6.07, 6.45) is 4.13. The van der Waals surface area contributed by atoms with Gasteiger partial charge in [0.25, 0.3) is 0 Å². The van der Waals surface area contributed by atoms with E-state index in [1.54, 1.807) is 7.11 Å². The highest BCUT2D eigenvalue weighted by Crippen LogP contribution is 2.24.